The van der Waals surface area contributed by atoms with Crippen LogP contribution in [0.3, 0.4) is 0 Å². The second kappa shape index (κ2) is 9.98. The van der Waals surface area contributed by atoms with Crippen molar-refractivity contribution in [1.82, 2.24) is 24.7 Å². The Kier molecular flexibility index (Phi) is 7.38. The summed E-state index contributed by atoms with van der Waals surface area (Å²) in [6, 6.07) is 5.13. The quantitative estimate of drug-likeness (QED) is 0.410. The molecule has 0 saturated carbocycles. The van der Waals surface area contributed by atoms with Gasteiger partial charge in [0.15, 0.2) is 21.9 Å². The van der Waals surface area contributed by atoms with Gasteiger partial charge in [0.1, 0.15) is 5.82 Å². The van der Waals surface area contributed by atoms with Crippen LogP contribution in [0.25, 0.3) is 0 Å². The molecule has 0 saturated heterocycles. The van der Waals surface area contributed by atoms with Gasteiger partial charge in [-0.2, -0.15) is 0 Å². The van der Waals surface area contributed by atoms with Crippen molar-refractivity contribution in [2.45, 2.75) is 43.4 Å². The predicted octanol–water partition coefficient (Wildman–Crippen LogP) is 4.01. The molecular formula is C19H20F2N6OS2. The van der Waals surface area contributed by atoms with Crippen molar-refractivity contribution in [3.63, 3.8) is 0 Å². The number of aryl methyl sites for hydroxylation is 2. The molecule has 0 spiro atoms. The number of hydrogen-bond acceptors (Lipinski definition) is 7. The van der Waals surface area contributed by atoms with Crippen molar-refractivity contribution in [3.8, 4) is 0 Å². The van der Waals surface area contributed by atoms with Crippen LogP contribution >= 0.6 is 23.5 Å². The SMILES string of the molecule is CCn1c(CSc2nc(C)cc(C)n2)nnc1SCC(=O)Nc1ccc(F)c(F)c1. The fourth-order valence-electron chi connectivity index (χ4n) is 2.64. The number of amides is 1. The Hall–Kier alpha value is -2.53. The molecule has 158 valence electrons. The second-order valence-corrected chi connectivity index (χ2v) is 8.22. The van der Waals surface area contributed by atoms with Crippen LogP contribution in [0, 0.1) is 25.5 Å². The van der Waals surface area contributed by atoms with E-state index in [0.717, 1.165) is 29.3 Å². The normalized spacial score (nSPS) is 11.0. The molecule has 0 aliphatic carbocycles. The summed E-state index contributed by atoms with van der Waals surface area (Å²) in [7, 11) is 0. The lowest BCUT2D eigenvalue weighted by Crippen LogP contribution is -2.15. The van der Waals surface area contributed by atoms with Crippen LogP contribution in [-0.2, 0) is 17.1 Å². The summed E-state index contributed by atoms with van der Waals surface area (Å²) in [5.74, 6) is -0.961. The molecule has 3 aromatic rings. The molecule has 11 heteroatoms. The highest BCUT2D eigenvalue weighted by atomic mass is 32.2. The number of carbonyl (C=O) groups is 1. The van der Waals surface area contributed by atoms with Crippen LogP contribution in [0.5, 0.6) is 0 Å². The largest absolute Gasteiger partial charge is 0.325 e. The van der Waals surface area contributed by atoms with E-state index in [0.29, 0.717) is 22.6 Å². The fourth-order valence-corrected chi connectivity index (χ4v) is 4.35. The number of carbonyl (C=O) groups excluding carboxylic acids is 1. The van der Waals surface area contributed by atoms with E-state index in [1.165, 1.54) is 29.6 Å². The lowest BCUT2D eigenvalue weighted by atomic mass is 10.3. The van der Waals surface area contributed by atoms with Crippen LogP contribution in [0.2, 0.25) is 0 Å². The maximum atomic E-state index is 13.3. The Bertz CT molecular complexity index is 1040. The van der Waals surface area contributed by atoms with E-state index in [-0.39, 0.29) is 17.3 Å². The van der Waals surface area contributed by atoms with Crippen molar-refractivity contribution >= 4 is 35.1 Å². The molecule has 2 heterocycles. The monoisotopic (exact) mass is 450 g/mol. The van der Waals surface area contributed by atoms with Crippen molar-refractivity contribution in [1.29, 1.82) is 0 Å². The Labute approximate surface area is 181 Å². The molecular weight excluding hydrogens is 430 g/mol. The van der Waals surface area contributed by atoms with E-state index in [1.807, 2.05) is 31.4 Å². The zero-order chi connectivity index (χ0) is 21.7. The van der Waals surface area contributed by atoms with E-state index < -0.39 is 11.6 Å². The molecule has 0 radical (unpaired) electrons. The summed E-state index contributed by atoms with van der Waals surface area (Å²) in [4.78, 5) is 21.0. The van der Waals surface area contributed by atoms with Gasteiger partial charge in [0, 0.05) is 29.7 Å². The second-order valence-electron chi connectivity index (χ2n) is 6.33. The smallest absolute Gasteiger partial charge is 0.234 e. The van der Waals surface area contributed by atoms with Crippen LogP contribution < -0.4 is 5.32 Å². The third-order valence-corrected chi connectivity index (χ3v) is 5.75. The number of thioether (sulfide) groups is 2. The highest BCUT2D eigenvalue weighted by Gasteiger charge is 2.15. The van der Waals surface area contributed by atoms with Gasteiger partial charge >= 0.3 is 0 Å². The molecule has 1 aromatic carbocycles. The Balaban J connectivity index is 1.59. The number of benzene rings is 1. The minimum Gasteiger partial charge on any atom is -0.325 e. The van der Waals surface area contributed by atoms with E-state index in [9.17, 15) is 13.6 Å². The molecule has 0 atom stereocenters. The van der Waals surface area contributed by atoms with Crippen LogP contribution in [-0.4, -0.2) is 36.4 Å². The molecule has 0 fully saturated rings. The molecule has 1 N–H and O–H groups in total. The summed E-state index contributed by atoms with van der Waals surface area (Å²) in [6.45, 7) is 6.46. The number of anilines is 1. The number of halogens is 2. The molecule has 30 heavy (non-hydrogen) atoms. The van der Waals surface area contributed by atoms with Gasteiger partial charge in [-0.25, -0.2) is 18.7 Å². The summed E-state index contributed by atoms with van der Waals surface area (Å²) >= 11 is 2.70. The van der Waals surface area contributed by atoms with Gasteiger partial charge < -0.3 is 9.88 Å². The van der Waals surface area contributed by atoms with Crippen LogP contribution in [0.15, 0.2) is 34.6 Å². The zero-order valence-corrected chi connectivity index (χ0v) is 18.3. The minimum absolute atomic E-state index is 0.0600. The first-order valence-corrected chi connectivity index (χ1v) is 11.1. The van der Waals surface area contributed by atoms with Crippen LogP contribution in [0.1, 0.15) is 24.1 Å². The summed E-state index contributed by atoms with van der Waals surface area (Å²) in [6.07, 6.45) is 0. The predicted molar refractivity (Wildman–Crippen MR) is 112 cm³/mol. The zero-order valence-electron chi connectivity index (χ0n) is 16.6. The van der Waals surface area contributed by atoms with Gasteiger partial charge in [-0.15, -0.1) is 10.2 Å². The van der Waals surface area contributed by atoms with Gasteiger partial charge in [0.05, 0.1) is 11.5 Å². The number of nitrogens with one attached hydrogen (secondary N) is 1. The lowest BCUT2D eigenvalue weighted by molar-refractivity contribution is -0.113. The molecule has 0 aliphatic heterocycles. The molecule has 1 amide bonds. The average molecular weight is 451 g/mol. The molecule has 2 aromatic heterocycles. The topological polar surface area (TPSA) is 85.6 Å². The minimum atomic E-state index is -1.01. The average Bonchev–Trinajstić information content (AvgIpc) is 3.09. The van der Waals surface area contributed by atoms with Crippen molar-refractivity contribution < 1.29 is 13.6 Å². The number of aromatic nitrogens is 5. The molecule has 0 bridgehead atoms. The Morgan fingerprint density at radius 3 is 2.47 bits per heavy atom. The maximum absolute atomic E-state index is 13.3. The van der Waals surface area contributed by atoms with E-state index in [4.69, 9.17) is 0 Å². The van der Waals surface area contributed by atoms with Crippen molar-refractivity contribution in [2.24, 2.45) is 0 Å². The van der Waals surface area contributed by atoms with Gasteiger partial charge in [-0.3, -0.25) is 4.79 Å². The van der Waals surface area contributed by atoms with Gasteiger partial charge in [-0.1, -0.05) is 23.5 Å². The summed E-state index contributed by atoms with van der Waals surface area (Å²) in [5.41, 5.74) is 2.01. The molecule has 7 nitrogen and oxygen atoms in total. The fraction of sp³-hybridized carbons (Fsp3) is 0.316. The first-order chi connectivity index (χ1) is 14.4. The van der Waals surface area contributed by atoms with E-state index >= 15 is 0 Å². The third kappa shape index (κ3) is 5.76. The highest BCUT2D eigenvalue weighted by Crippen LogP contribution is 2.23. The number of rotatable bonds is 8. The molecule has 3 rings (SSSR count). The Morgan fingerprint density at radius 1 is 1.07 bits per heavy atom. The van der Waals surface area contributed by atoms with Gasteiger partial charge in [0.2, 0.25) is 5.91 Å². The summed E-state index contributed by atoms with van der Waals surface area (Å²) < 4.78 is 28.2. The van der Waals surface area contributed by atoms with Crippen LogP contribution in [0.4, 0.5) is 14.5 Å². The summed E-state index contributed by atoms with van der Waals surface area (Å²) in [5, 5.41) is 12.2. The number of hydrogen-bond donors (Lipinski definition) is 1. The number of nitrogens with zero attached hydrogens (tertiary/aromatic N) is 5. The third-order valence-electron chi connectivity index (χ3n) is 3.94. The van der Waals surface area contributed by atoms with Gasteiger partial charge in [0.25, 0.3) is 0 Å². The van der Waals surface area contributed by atoms with Crippen molar-refractivity contribution in [3.05, 3.63) is 53.1 Å². The lowest BCUT2D eigenvalue weighted by Gasteiger charge is -2.08. The molecule has 0 aliphatic rings. The molecule has 0 unspecified atom stereocenters. The van der Waals surface area contributed by atoms with E-state index in [2.05, 4.69) is 25.5 Å². The first kappa shape index (κ1) is 22.2. The first-order valence-electron chi connectivity index (χ1n) is 9.10. The van der Waals surface area contributed by atoms with Gasteiger partial charge in [-0.05, 0) is 39.0 Å². The van der Waals surface area contributed by atoms with E-state index in [1.54, 1.807) is 0 Å². The van der Waals surface area contributed by atoms with Crippen molar-refractivity contribution in [2.75, 3.05) is 11.1 Å². The highest BCUT2D eigenvalue weighted by molar-refractivity contribution is 7.99. The standard InChI is InChI=1S/C19H20F2N6OS2/c1-4-27-16(9-29-18-22-11(2)7-12(3)23-18)25-26-19(27)30-10-17(28)24-13-5-6-14(20)15(21)8-13/h5-8H,4,9-10H2,1-3H3,(H,24,28). The Morgan fingerprint density at radius 2 is 1.80 bits per heavy atom. The maximum Gasteiger partial charge on any atom is 0.234 e.